The highest BCUT2D eigenvalue weighted by Gasteiger charge is 2.62. The minimum Gasteiger partial charge on any atom is -0.426 e. The molecule has 0 aliphatic heterocycles. The minimum absolute atomic E-state index is 0.356. The molecule has 2 nitrogen and oxygen atoms in total. The first kappa shape index (κ1) is 16.3. The summed E-state index contributed by atoms with van der Waals surface area (Å²) < 4.78 is 78.1. The first-order valence-corrected chi connectivity index (χ1v) is 5.34. The molecule has 0 fully saturated rings. The standard InChI is InChI=1S/C12H10F6O2/c1-6-3-7(2)5-8(4-6)20-10(19)9(11(13,14)15)12(16,17)18/h3-5,9H,1-2H3. The van der Waals surface area contributed by atoms with Gasteiger partial charge in [0.15, 0.2) is 0 Å². The quantitative estimate of drug-likeness (QED) is 0.469. The Labute approximate surface area is 110 Å². The van der Waals surface area contributed by atoms with Crippen LogP contribution >= 0.6 is 0 Å². The molecular weight excluding hydrogens is 290 g/mol. The highest BCUT2D eigenvalue weighted by molar-refractivity contribution is 5.77. The van der Waals surface area contributed by atoms with Crippen LogP contribution in [0.3, 0.4) is 0 Å². The monoisotopic (exact) mass is 300 g/mol. The van der Waals surface area contributed by atoms with E-state index < -0.39 is 24.2 Å². The SMILES string of the molecule is Cc1cc(C)cc(OC(=O)C(C(F)(F)F)C(F)(F)F)c1. The molecule has 0 aromatic heterocycles. The zero-order valence-electron chi connectivity index (χ0n) is 10.4. The van der Waals surface area contributed by atoms with Gasteiger partial charge in [-0.15, -0.1) is 0 Å². The Balaban J connectivity index is 3.03. The summed E-state index contributed by atoms with van der Waals surface area (Å²) in [5.74, 6) is -6.91. The number of carbonyl (C=O) groups excluding carboxylic acids is 1. The number of rotatable bonds is 2. The summed E-state index contributed by atoms with van der Waals surface area (Å²) in [5, 5.41) is 0. The summed E-state index contributed by atoms with van der Waals surface area (Å²) in [5.41, 5.74) is 1.09. The maximum absolute atomic E-state index is 12.3. The molecule has 1 rings (SSSR count). The molecular formula is C12H10F6O2. The molecule has 0 amide bonds. The second-order valence-electron chi connectivity index (χ2n) is 4.26. The van der Waals surface area contributed by atoms with Crippen molar-refractivity contribution in [2.24, 2.45) is 5.92 Å². The average Bonchev–Trinajstić information content (AvgIpc) is 2.08. The molecule has 0 heterocycles. The van der Waals surface area contributed by atoms with Gasteiger partial charge >= 0.3 is 18.3 Å². The topological polar surface area (TPSA) is 26.3 Å². The number of aryl methyl sites for hydroxylation is 2. The summed E-state index contributed by atoms with van der Waals surface area (Å²) in [6, 6.07) is 3.98. The fraction of sp³-hybridized carbons (Fsp3) is 0.417. The number of carbonyl (C=O) groups is 1. The Kier molecular flexibility index (Phi) is 4.36. The molecule has 8 heteroatoms. The molecule has 112 valence electrons. The van der Waals surface area contributed by atoms with Crippen LogP contribution in [0.25, 0.3) is 0 Å². The molecule has 20 heavy (non-hydrogen) atoms. The van der Waals surface area contributed by atoms with Gasteiger partial charge in [-0.1, -0.05) is 6.07 Å². The molecule has 1 aromatic carbocycles. The molecule has 0 saturated heterocycles. The van der Waals surface area contributed by atoms with E-state index in [1.165, 1.54) is 12.1 Å². The van der Waals surface area contributed by atoms with E-state index in [0.29, 0.717) is 11.1 Å². The molecule has 0 saturated carbocycles. The summed E-state index contributed by atoms with van der Waals surface area (Å²) in [7, 11) is 0. The van der Waals surface area contributed by atoms with Crippen LogP contribution in [-0.2, 0) is 4.79 Å². The highest BCUT2D eigenvalue weighted by Crippen LogP contribution is 2.40. The Morgan fingerprint density at radius 1 is 0.950 bits per heavy atom. The molecule has 0 bridgehead atoms. The van der Waals surface area contributed by atoms with Gasteiger partial charge in [0.2, 0.25) is 5.92 Å². The summed E-state index contributed by atoms with van der Waals surface area (Å²) >= 11 is 0. The van der Waals surface area contributed by atoms with E-state index in [4.69, 9.17) is 0 Å². The number of esters is 1. The minimum atomic E-state index is -5.76. The Morgan fingerprint density at radius 2 is 1.35 bits per heavy atom. The van der Waals surface area contributed by atoms with E-state index in [-0.39, 0.29) is 5.75 Å². The third-order valence-corrected chi connectivity index (χ3v) is 2.30. The molecule has 0 aliphatic rings. The molecule has 0 atom stereocenters. The van der Waals surface area contributed by atoms with Crippen molar-refractivity contribution in [1.82, 2.24) is 0 Å². The number of benzene rings is 1. The number of hydrogen-bond acceptors (Lipinski definition) is 2. The van der Waals surface area contributed by atoms with E-state index >= 15 is 0 Å². The van der Waals surface area contributed by atoms with Crippen LogP contribution < -0.4 is 4.74 Å². The van der Waals surface area contributed by atoms with Gasteiger partial charge in [-0.05, 0) is 37.1 Å². The second-order valence-corrected chi connectivity index (χ2v) is 4.26. The Bertz CT molecular complexity index is 469. The van der Waals surface area contributed by atoms with Gasteiger partial charge in [-0.3, -0.25) is 4.79 Å². The van der Waals surface area contributed by atoms with Crippen LogP contribution in [0.1, 0.15) is 11.1 Å². The predicted octanol–water partition coefficient (Wildman–Crippen LogP) is 3.95. The van der Waals surface area contributed by atoms with Crippen molar-refractivity contribution in [1.29, 1.82) is 0 Å². The van der Waals surface area contributed by atoms with E-state index in [0.717, 1.165) is 0 Å². The van der Waals surface area contributed by atoms with Crippen LogP contribution in [0.4, 0.5) is 26.3 Å². The van der Waals surface area contributed by atoms with E-state index in [1.54, 1.807) is 19.9 Å². The zero-order chi connectivity index (χ0) is 15.7. The van der Waals surface area contributed by atoms with Gasteiger partial charge in [0.05, 0.1) is 0 Å². The predicted molar refractivity (Wildman–Crippen MR) is 57.2 cm³/mol. The van der Waals surface area contributed by atoms with Crippen LogP contribution in [0.2, 0.25) is 0 Å². The molecule has 0 radical (unpaired) electrons. The van der Waals surface area contributed by atoms with Gasteiger partial charge in [-0.2, -0.15) is 26.3 Å². The first-order chi connectivity index (χ1) is 8.91. The van der Waals surface area contributed by atoms with Gasteiger partial charge in [0.1, 0.15) is 5.75 Å². The van der Waals surface area contributed by atoms with Crippen molar-refractivity contribution in [2.75, 3.05) is 0 Å². The fourth-order valence-electron chi connectivity index (χ4n) is 1.62. The largest absolute Gasteiger partial charge is 0.426 e. The maximum Gasteiger partial charge on any atom is 0.411 e. The van der Waals surface area contributed by atoms with Gasteiger partial charge in [-0.25, -0.2) is 0 Å². The second kappa shape index (κ2) is 5.34. The lowest BCUT2D eigenvalue weighted by molar-refractivity contribution is -0.279. The third kappa shape index (κ3) is 4.14. The van der Waals surface area contributed by atoms with Gasteiger partial charge in [0.25, 0.3) is 0 Å². The van der Waals surface area contributed by atoms with Crippen molar-refractivity contribution in [3.8, 4) is 5.75 Å². The fourth-order valence-corrected chi connectivity index (χ4v) is 1.62. The Morgan fingerprint density at radius 3 is 1.70 bits per heavy atom. The van der Waals surface area contributed by atoms with Crippen molar-refractivity contribution in [3.63, 3.8) is 0 Å². The van der Waals surface area contributed by atoms with E-state index in [2.05, 4.69) is 4.74 Å². The van der Waals surface area contributed by atoms with Crippen molar-refractivity contribution < 1.29 is 35.9 Å². The molecule has 0 aliphatic carbocycles. The van der Waals surface area contributed by atoms with E-state index in [9.17, 15) is 31.1 Å². The summed E-state index contributed by atoms with van der Waals surface area (Å²) in [4.78, 5) is 11.2. The number of hydrogen-bond donors (Lipinski definition) is 0. The summed E-state index contributed by atoms with van der Waals surface area (Å²) in [6.45, 7) is 3.13. The van der Waals surface area contributed by atoms with Crippen LogP contribution in [-0.4, -0.2) is 18.3 Å². The van der Waals surface area contributed by atoms with Crippen LogP contribution in [0.5, 0.6) is 5.75 Å². The summed E-state index contributed by atoms with van der Waals surface area (Å²) in [6.07, 6.45) is -11.5. The number of ether oxygens (including phenoxy) is 1. The normalized spacial score (nSPS) is 12.7. The molecule has 0 spiro atoms. The van der Waals surface area contributed by atoms with Crippen LogP contribution in [0.15, 0.2) is 18.2 Å². The van der Waals surface area contributed by atoms with E-state index in [1.807, 2.05) is 0 Å². The lowest BCUT2D eigenvalue weighted by Crippen LogP contribution is -2.44. The highest BCUT2D eigenvalue weighted by atomic mass is 19.4. The van der Waals surface area contributed by atoms with Crippen molar-refractivity contribution in [3.05, 3.63) is 29.3 Å². The van der Waals surface area contributed by atoms with Gasteiger partial charge < -0.3 is 4.74 Å². The zero-order valence-corrected chi connectivity index (χ0v) is 10.4. The first-order valence-electron chi connectivity index (χ1n) is 5.34. The van der Waals surface area contributed by atoms with Gasteiger partial charge in [0, 0.05) is 0 Å². The lowest BCUT2D eigenvalue weighted by atomic mass is 10.1. The molecule has 0 unspecified atom stereocenters. The molecule has 1 aromatic rings. The number of halogens is 6. The maximum atomic E-state index is 12.3. The lowest BCUT2D eigenvalue weighted by Gasteiger charge is -2.21. The van der Waals surface area contributed by atoms with Crippen molar-refractivity contribution in [2.45, 2.75) is 26.2 Å². The molecule has 0 N–H and O–H groups in total. The Hall–Kier alpha value is -1.73. The number of alkyl halides is 6. The smallest absolute Gasteiger partial charge is 0.411 e. The average molecular weight is 300 g/mol. The van der Waals surface area contributed by atoms with Crippen LogP contribution in [0, 0.1) is 19.8 Å². The third-order valence-electron chi connectivity index (χ3n) is 2.30. The van der Waals surface area contributed by atoms with Crippen molar-refractivity contribution >= 4 is 5.97 Å².